The quantitative estimate of drug-likeness (QED) is 0.723. The molecule has 0 saturated carbocycles. The lowest BCUT2D eigenvalue weighted by Crippen LogP contribution is -2.42. The topological polar surface area (TPSA) is 66.2 Å². The van der Waals surface area contributed by atoms with Crippen LogP contribution in [0.25, 0.3) is 10.9 Å². The molecule has 27 heavy (non-hydrogen) atoms. The van der Waals surface area contributed by atoms with Gasteiger partial charge in [0.2, 0.25) is 0 Å². The molecule has 3 N–H and O–H groups in total. The number of ether oxygens (including phenoxy) is 1. The number of aromatic amines is 1. The van der Waals surface area contributed by atoms with Gasteiger partial charge in [-0.3, -0.25) is 4.79 Å². The number of hydrogen-bond donors (Lipinski definition) is 3. The third-order valence-electron chi connectivity index (χ3n) is 5.64. The molecule has 2 aromatic rings. The van der Waals surface area contributed by atoms with E-state index >= 15 is 0 Å². The summed E-state index contributed by atoms with van der Waals surface area (Å²) in [4.78, 5) is 15.9. The van der Waals surface area contributed by atoms with Crippen LogP contribution in [0.5, 0.6) is 0 Å². The van der Waals surface area contributed by atoms with Gasteiger partial charge in [-0.25, -0.2) is 0 Å². The second-order valence-corrected chi connectivity index (χ2v) is 7.69. The Hall–Kier alpha value is -1.11. The van der Waals surface area contributed by atoms with Crippen molar-refractivity contribution in [3.63, 3.8) is 0 Å². The van der Waals surface area contributed by atoms with E-state index in [1.165, 1.54) is 0 Å². The lowest BCUT2D eigenvalue weighted by Gasteiger charge is -2.32. The van der Waals surface area contributed by atoms with Crippen LogP contribution in [0.1, 0.15) is 36.1 Å². The lowest BCUT2D eigenvalue weighted by atomic mass is 9.88. The highest BCUT2D eigenvalue weighted by atomic mass is 35.5. The summed E-state index contributed by atoms with van der Waals surface area (Å²) in [6.07, 6.45) is 3.25. The zero-order chi connectivity index (χ0) is 17.4. The Kier molecular flexibility index (Phi) is 7.33. The first-order valence-corrected chi connectivity index (χ1v) is 9.26. The number of fused-ring (bicyclic) bond motifs is 1. The summed E-state index contributed by atoms with van der Waals surface area (Å²) in [5, 5.41) is 7.75. The van der Waals surface area contributed by atoms with Gasteiger partial charge in [-0.1, -0.05) is 6.07 Å². The third-order valence-corrected chi connectivity index (χ3v) is 5.64. The molecule has 150 valence electrons. The van der Waals surface area contributed by atoms with Crippen LogP contribution in [0, 0.1) is 13.8 Å². The Morgan fingerprint density at radius 1 is 1.19 bits per heavy atom. The minimum Gasteiger partial charge on any atom is -0.373 e. The molecule has 1 unspecified atom stereocenters. The van der Waals surface area contributed by atoms with Crippen LogP contribution in [-0.2, 0) is 11.3 Å². The highest BCUT2D eigenvalue weighted by Gasteiger charge is 2.40. The van der Waals surface area contributed by atoms with Crippen molar-refractivity contribution in [3.05, 3.63) is 45.2 Å². The molecule has 2 aliphatic rings. The molecule has 7 heteroatoms. The molecule has 3 heterocycles. The van der Waals surface area contributed by atoms with Gasteiger partial charge in [0.25, 0.3) is 0 Å². The van der Waals surface area contributed by atoms with E-state index in [-0.39, 0.29) is 35.8 Å². The Morgan fingerprint density at radius 2 is 1.93 bits per heavy atom. The maximum atomic E-state index is 12.5. The zero-order valence-corrected chi connectivity index (χ0v) is 17.5. The van der Waals surface area contributed by atoms with Gasteiger partial charge in [0.15, 0.2) is 5.43 Å². The second-order valence-electron chi connectivity index (χ2n) is 7.69. The fraction of sp³-hybridized carbons (Fsp3) is 0.550. The van der Waals surface area contributed by atoms with Crippen LogP contribution in [0.3, 0.4) is 0 Å². The van der Waals surface area contributed by atoms with Crippen LogP contribution < -0.4 is 16.1 Å². The van der Waals surface area contributed by atoms with Crippen LogP contribution >= 0.6 is 24.8 Å². The standard InChI is InChI=1S/C20H27N3O2.2ClH/c1-13-7-14(2)19-17(8-13)18(24)9-15(23-19)11-22-16-10-20(25-12-16)3-5-21-6-4-20;;/h7-9,16,21-22H,3-6,10-12H2,1-2H3,(H,23,24);2*1H. The van der Waals surface area contributed by atoms with E-state index in [1.54, 1.807) is 6.07 Å². The number of aromatic nitrogens is 1. The van der Waals surface area contributed by atoms with Crippen molar-refractivity contribution in [2.24, 2.45) is 0 Å². The molecule has 0 bridgehead atoms. The molecule has 0 amide bonds. The molecule has 1 aromatic heterocycles. The summed E-state index contributed by atoms with van der Waals surface area (Å²) in [5.74, 6) is 0. The maximum Gasteiger partial charge on any atom is 0.189 e. The lowest BCUT2D eigenvalue weighted by molar-refractivity contribution is -0.0194. The van der Waals surface area contributed by atoms with Crippen molar-refractivity contribution >= 4 is 35.7 Å². The third kappa shape index (κ3) is 4.66. The SMILES string of the molecule is Cc1cc(C)c2[nH]c(CNC3COC4(CCNCC4)C3)cc(=O)c2c1.Cl.Cl. The summed E-state index contributed by atoms with van der Waals surface area (Å²) in [6.45, 7) is 7.59. The van der Waals surface area contributed by atoms with Crippen LogP contribution in [0.2, 0.25) is 0 Å². The Morgan fingerprint density at radius 3 is 2.67 bits per heavy atom. The average Bonchev–Trinajstić information content (AvgIpc) is 2.97. The first-order chi connectivity index (χ1) is 12.0. The monoisotopic (exact) mass is 413 g/mol. The molecule has 0 radical (unpaired) electrons. The zero-order valence-electron chi connectivity index (χ0n) is 15.9. The highest BCUT2D eigenvalue weighted by Crippen LogP contribution is 2.33. The van der Waals surface area contributed by atoms with Gasteiger partial charge in [0.1, 0.15) is 0 Å². The van der Waals surface area contributed by atoms with Crippen LogP contribution in [0.4, 0.5) is 0 Å². The summed E-state index contributed by atoms with van der Waals surface area (Å²) < 4.78 is 6.13. The molecule has 2 saturated heterocycles. The molecule has 1 atom stereocenters. The van der Waals surface area contributed by atoms with Crippen molar-refractivity contribution in [1.29, 1.82) is 0 Å². The summed E-state index contributed by atoms with van der Waals surface area (Å²) in [6, 6.07) is 6.16. The summed E-state index contributed by atoms with van der Waals surface area (Å²) in [5.41, 5.74) is 4.29. The van der Waals surface area contributed by atoms with E-state index in [9.17, 15) is 4.79 Å². The summed E-state index contributed by atoms with van der Waals surface area (Å²) >= 11 is 0. The highest BCUT2D eigenvalue weighted by molar-refractivity contribution is 5.85. The summed E-state index contributed by atoms with van der Waals surface area (Å²) in [7, 11) is 0. The predicted octanol–water partition coefficient (Wildman–Crippen LogP) is 2.99. The molecule has 4 rings (SSSR count). The predicted molar refractivity (Wildman–Crippen MR) is 115 cm³/mol. The van der Waals surface area contributed by atoms with Crippen molar-refractivity contribution in [1.82, 2.24) is 15.6 Å². The minimum absolute atomic E-state index is 0. The fourth-order valence-corrected chi connectivity index (χ4v) is 4.32. The van der Waals surface area contributed by atoms with E-state index in [0.717, 1.165) is 66.7 Å². The van der Waals surface area contributed by atoms with Crippen LogP contribution in [-0.4, -0.2) is 36.3 Å². The Bertz CT molecular complexity index is 847. The first-order valence-electron chi connectivity index (χ1n) is 9.26. The van der Waals surface area contributed by atoms with Crippen LogP contribution in [0.15, 0.2) is 23.0 Å². The number of piperidine rings is 1. The van der Waals surface area contributed by atoms with Gasteiger partial charge < -0.3 is 20.4 Å². The molecule has 2 aliphatic heterocycles. The maximum absolute atomic E-state index is 12.5. The van der Waals surface area contributed by atoms with Crippen molar-refractivity contribution in [3.8, 4) is 0 Å². The van der Waals surface area contributed by atoms with Gasteiger partial charge in [0.05, 0.1) is 17.7 Å². The molecular formula is C20H29Cl2N3O2. The van der Waals surface area contributed by atoms with Crippen molar-refractivity contribution in [2.75, 3.05) is 19.7 Å². The molecule has 2 fully saturated rings. The first kappa shape index (κ1) is 22.2. The number of benzene rings is 1. The number of nitrogens with one attached hydrogen (secondary N) is 3. The van der Waals surface area contributed by atoms with E-state index < -0.39 is 0 Å². The smallest absolute Gasteiger partial charge is 0.189 e. The number of aryl methyl sites for hydroxylation is 2. The second kappa shape index (κ2) is 8.93. The molecule has 5 nitrogen and oxygen atoms in total. The van der Waals surface area contributed by atoms with Gasteiger partial charge in [-0.2, -0.15) is 0 Å². The molecular weight excluding hydrogens is 385 g/mol. The van der Waals surface area contributed by atoms with E-state index in [1.807, 2.05) is 19.9 Å². The average molecular weight is 414 g/mol. The van der Waals surface area contributed by atoms with Gasteiger partial charge >= 0.3 is 0 Å². The largest absolute Gasteiger partial charge is 0.373 e. The van der Waals surface area contributed by atoms with E-state index in [0.29, 0.717) is 12.6 Å². The van der Waals surface area contributed by atoms with Gasteiger partial charge in [-0.15, -0.1) is 24.8 Å². The van der Waals surface area contributed by atoms with Gasteiger partial charge in [0, 0.05) is 29.7 Å². The molecule has 0 aliphatic carbocycles. The Balaban J connectivity index is 0.00000131. The fourth-order valence-electron chi connectivity index (χ4n) is 4.32. The number of rotatable bonds is 3. The molecule has 1 aromatic carbocycles. The number of hydrogen-bond acceptors (Lipinski definition) is 4. The molecule has 1 spiro atoms. The van der Waals surface area contributed by atoms with Crippen molar-refractivity contribution < 1.29 is 4.74 Å². The van der Waals surface area contributed by atoms with E-state index in [2.05, 4.69) is 21.7 Å². The minimum atomic E-state index is 0. The van der Waals surface area contributed by atoms with E-state index in [4.69, 9.17) is 4.74 Å². The number of pyridine rings is 1. The number of halogens is 2. The normalized spacial score (nSPS) is 21.0. The van der Waals surface area contributed by atoms with Gasteiger partial charge in [-0.05, 0) is 63.4 Å². The Labute approximate surface area is 172 Å². The number of H-pyrrole nitrogens is 1. The van der Waals surface area contributed by atoms with Crippen molar-refractivity contribution in [2.45, 2.75) is 51.3 Å².